The normalized spacial score (nSPS) is 12.9. The molecule has 0 saturated heterocycles. The third-order valence-electron chi connectivity index (χ3n) is 14.4. The van der Waals surface area contributed by atoms with Gasteiger partial charge in [-0.1, -0.05) is 135 Å². The summed E-state index contributed by atoms with van der Waals surface area (Å²) in [5, 5.41) is 1.85. The van der Waals surface area contributed by atoms with E-state index in [1.807, 2.05) is 22.8 Å². The zero-order valence-corrected chi connectivity index (χ0v) is 37.3. The van der Waals surface area contributed by atoms with E-state index in [4.69, 9.17) is 125 Å². The number of aromatic nitrogens is 4. The maximum absolute atomic E-state index is 7.00. The van der Waals surface area contributed by atoms with Gasteiger partial charge in [-0.3, -0.25) is 4.57 Å². The number of para-hydroxylation sites is 1. The van der Waals surface area contributed by atoms with E-state index >= 15 is 0 Å². The summed E-state index contributed by atoms with van der Waals surface area (Å²) in [7, 11) is 92.2. The highest BCUT2D eigenvalue weighted by Crippen LogP contribution is 2.63. The molecule has 70 heavy (non-hydrogen) atoms. The molecule has 10 aromatic rings. The Balaban J connectivity index is 1.19. The van der Waals surface area contributed by atoms with Crippen LogP contribution in [0.5, 0.6) is 0 Å². The smallest absolute Gasteiger partial charge is 0.238 e. The van der Waals surface area contributed by atoms with Gasteiger partial charge in [-0.25, -0.2) is 4.98 Å². The summed E-state index contributed by atoms with van der Waals surface area (Å²) in [6, 6.07) is 38.2. The summed E-state index contributed by atoms with van der Waals surface area (Å²) in [6.07, 6.45) is 0. The molecule has 0 N–H and O–H groups in total. The second-order valence-electron chi connectivity index (χ2n) is 17.7. The molecule has 0 saturated carbocycles. The highest BCUT2D eigenvalue weighted by atomic mass is 15.2. The van der Waals surface area contributed by atoms with Crippen molar-refractivity contribution in [2.75, 3.05) is 0 Å². The van der Waals surface area contributed by atoms with Gasteiger partial charge in [0, 0.05) is 21.9 Å². The van der Waals surface area contributed by atoms with Crippen molar-refractivity contribution in [3.05, 3.63) is 131 Å². The van der Waals surface area contributed by atoms with Crippen LogP contribution in [0.15, 0.2) is 109 Å². The fourth-order valence-corrected chi connectivity index (χ4v) is 11.0. The van der Waals surface area contributed by atoms with Crippen molar-refractivity contribution in [1.82, 2.24) is 19.5 Å². The predicted octanol–water partition coefficient (Wildman–Crippen LogP) is -4.57. The molecule has 2 aliphatic rings. The maximum atomic E-state index is 7.00. The van der Waals surface area contributed by atoms with Gasteiger partial charge in [0.25, 0.3) is 0 Å². The highest BCUT2D eigenvalue weighted by molar-refractivity contribution is 6.71. The van der Waals surface area contributed by atoms with Crippen molar-refractivity contribution in [3.63, 3.8) is 0 Å². The Kier molecular flexibility index (Phi) is 10.0. The van der Waals surface area contributed by atoms with Crippen molar-refractivity contribution in [2.24, 2.45) is 0 Å². The third kappa shape index (κ3) is 5.77. The second-order valence-corrected chi connectivity index (χ2v) is 17.7. The molecule has 0 bridgehead atoms. The van der Waals surface area contributed by atoms with Crippen LogP contribution in [-0.2, 0) is 5.41 Å². The lowest BCUT2D eigenvalue weighted by atomic mass is 9.56. The van der Waals surface area contributed by atoms with Crippen LogP contribution in [-0.4, -0.2) is 129 Å². The van der Waals surface area contributed by atoms with E-state index in [0.29, 0.717) is 0 Å². The monoisotopic (exact) mass is 852 g/mol. The third-order valence-corrected chi connectivity index (χ3v) is 14.4. The second kappa shape index (κ2) is 15.7. The van der Waals surface area contributed by atoms with E-state index in [2.05, 4.69) is 91.0 Å². The van der Waals surface area contributed by atoms with E-state index in [1.165, 1.54) is 27.8 Å². The molecule has 4 nitrogen and oxygen atoms in total. The molecule has 0 aliphatic heterocycles. The molecule has 0 unspecified atom stereocenters. The van der Waals surface area contributed by atoms with Crippen molar-refractivity contribution in [1.29, 1.82) is 0 Å². The first-order valence-electron chi connectivity index (χ1n) is 22.0. The molecule has 2 aromatic heterocycles. The van der Waals surface area contributed by atoms with Crippen molar-refractivity contribution < 1.29 is 0 Å². The van der Waals surface area contributed by atoms with Gasteiger partial charge in [-0.2, -0.15) is 9.97 Å². The number of fused-ring (bicyclic) bond motifs is 13. The summed E-state index contributed by atoms with van der Waals surface area (Å²) in [5.74, 6) is -0.00138. The molecule has 1 spiro atoms. The number of nitrogens with zero attached hydrogens (tertiary/aromatic N) is 4. The first-order chi connectivity index (χ1) is 33.6. The molecule has 2 heterocycles. The average Bonchev–Trinajstić information content (AvgIpc) is 3.97. The Labute approximate surface area is 424 Å². The molecule has 12 rings (SSSR count). The SMILES string of the molecule is [B]c1c([B])c([B])c(-c2nc(-c3c([B])c([B])c(-c4c([B])c([B])c([B])c([B])c4[B])c([B])c3[B])nc(-n3c4ccccc4c4cc5c(cc43)C3(c4ccccc4-c4ccccc43)c3ccccc3-5)n2)c([B])c1[B]. The fourth-order valence-electron chi connectivity index (χ4n) is 11.0. The van der Waals surface area contributed by atoms with Gasteiger partial charge in [0.1, 0.15) is 110 Å². The van der Waals surface area contributed by atoms with Crippen LogP contribution in [0.3, 0.4) is 0 Å². The van der Waals surface area contributed by atoms with E-state index in [1.54, 1.807) is 0 Å². The lowest BCUT2D eigenvalue weighted by Crippen LogP contribution is -2.57. The summed E-state index contributed by atoms with van der Waals surface area (Å²) in [4.78, 5) is 15.2. The summed E-state index contributed by atoms with van der Waals surface area (Å²) >= 11 is 0. The molecular weight excluding hydrogens is 832 g/mol. The highest BCUT2D eigenvalue weighted by Gasteiger charge is 2.51. The summed E-state index contributed by atoms with van der Waals surface area (Å²) < 4.78 is 1.95. The van der Waals surface area contributed by atoms with E-state index < -0.39 is 5.41 Å². The lowest BCUT2D eigenvalue weighted by molar-refractivity contribution is 0.794. The zero-order valence-electron chi connectivity index (χ0n) is 37.3. The van der Waals surface area contributed by atoms with Gasteiger partial charge in [-0.05, 0) is 73.8 Å². The van der Waals surface area contributed by atoms with Gasteiger partial charge >= 0.3 is 0 Å². The molecular formula is C52H18B14N4. The lowest BCUT2D eigenvalue weighted by Gasteiger charge is -2.30. The fraction of sp³-hybridized carbons (Fsp3) is 0.0192. The Bertz CT molecular complexity index is 3900. The van der Waals surface area contributed by atoms with Crippen LogP contribution >= 0.6 is 0 Å². The van der Waals surface area contributed by atoms with Crippen molar-refractivity contribution in [2.45, 2.75) is 5.41 Å². The van der Waals surface area contributed by atoms with E-state index in [0.717, 1.165) is 38.5 Å². The van der Waals surface area contributed by atoms with Crippen LogP contribution in [0.4, 0.5) is 0 Å². The minimum atomic E-state index is -0.668. The number of rotatable bonds is 4. The maximum Gasteiger partial charge on any atom is 0.238 e. The van der Waals surface area contributed by atoms with E-state index in [9.17, 15) is 0 Å². The standard InChI is InChI=1S/C52H18B14N4/c53-35-31(32-37(55)43(61)47(65)44(62)38(32)56)36(54)40(58)33(39(35)57)49-67-50(34-41(59)45(63)48(66)46(64)42(34)60)69-51(68-49)70-29-16-8-4-12-22(29)24-17-23-21-11-3-7-15-27(21)52(28(23)18-30(24)70)25-13-5-1-9-19(25)20-10-2-6-14-26(20)52/h1-18H. The van der Waals surface area contributed by atoms with Crippen LogP contribution in [0.25, 0.3) is 83.9 Å². The van der Waals surface area contributed by atoms with E-state index in [-0.39, 0.29) is 116 Å². The van der Waals surface area contributed by atoms with Gasteiger partial charge in [0.2, 0.25) is 5.95 Å². The average molecular weight is 850 g/mol. The minimum absolute atomic E-state index is 0.00149. The van der Waals surface area contributed by atoms with Crippen LogP contribution < -0.4 is 76.5 Å². The first-order valence-corrected chi connectivity index (χ1v) is 22.0. The van der Waals surface area contributed by atoms with Gasteiger partial charge in [0.05, 0.1) is 16.4 Å². The molecule has 0 amide bonds. The Morgan fingerprint density at radius 3 is 1.13 bits per heavy atom. The van der Waals surface area contributed by atoms with Gasteiger partial charge in [0.15, 0.2) is 11.6 Å². The molecule has 18 heteroatoms. The van der Waals surface area contributed by atoms with Crippen molar-refractivity contribution in [3.8, 4) is 62.1 Å². The molecule has 0 atom stereocenters. The molecule has 2 aliphatic carbocycles. The Morgan fingerprint density at radius 2 is 0.657 bits per heavy atom. The van der Waals surface area contributed by atoms with Crippen LogP contribution in [0.2, 0.25) is 0 Å². The van der Waals surface area contributed by atoms with Crippen LogP contribution in [0.1, 0.15) is 22.3 Å². The molecule has 0 fully saturated rings. The summed E-state index contributed by atoms with van der Waals surface area (Å²) in [6.45, 7) is 0. The predicted molar refractivity (Wildman–Crippen MR) is 302 cm³/mol. The number of hydrogen-bond acceptors (Lipinski definition) is 3. The van der Waals surface area contributed by atoms with Crippen LogP contribution in [0, 0.1) is 0 Å². The first kappa shape index (κ1) is 44.7. The topological polar surface area (TPSA) is 43.6 Å². The van der Waals surface area contributed by atoms with Gasteiger partial charge < -0.3 is 0 Å². The summed E-state index contributed by atoms with van der Waals surface area (Å²) in [5.41, 5.74) is 9.79. The quantitative estimate of drug-likeness (QED) is 0.168. The Hall–Kier alpha value is -6.52. The minimum Gasteiger partial charge on any atom is -0.278 e. The molecule has 288 valence electrons. The Morgan fingerprint density at radius 1 is 0.300 bits per heavy atom. The zero-order chi connectivity index (χ0) is 49.0. The number of benzene rings is 8. The molecule has 8 aromatic carbocycles. The largest absolute Gasteiger partial charge is 0.278 e. The van der Waals surface area contributed by atoms with Gasteiger partial charge in [-0.15, -0.1) is 32.8 Å². The van der Waals surface area contributed by atoms with Crippen molar-refractivity contribution >= 4 is 208 Å². The molecule has 28 radical (unpaired) electrons. The number of hydrogen-bond donors (Lipinski definition) is 0.